The first-order chi connectivity index (χ1) is 17.3. The topological polar surface area (TPSA) is 87.7 Å². The molecule has 7 nitrogen and oxygen atoms in total. The minimum Gasteiger partial charge on any atom is -0.489 e. The van der Waals surface area contributed by atoms with Crippen molar-refractivity contribution in [1.82, 2.24) is 10.2 Å². The molecule has 0 radical (unpaired) electrons. The molecular formula is C28H26ClN3O4. The number of rotatable bonds is 9. The third-order valence-corrected chi connectivity index (χ3v) is 5.83. The number of anilines is 1. The van der Waals surface area contributed by atoms with Gasteiger partial charge in [-0.3, -0.25) is 19.3 Å². The second-order valence-electron chi connectivity index (χ2n) is 8.54. The SMILES string of the molecule is CC(C)Oc1ccccc1NC(=O)c1ccc(CNC2=C(Cl)C(=O)N(Cc3ccccc3)C2=O)cc1. The van der Waals surface area contributed by atoms with E-state index in [1.807, 2.05) is 56.3 Å². The van der Waals surface area contributed by atoms with Crippen LogP contribution in [0.3, 0.4) is 0 Å². The Kier molecular flexibility index (Phi) is 7.71. The molecule has 0 bridgehead atoms. The second kappa shape index (κ2) is 11.1. The van der Waals surface area contributed by atoms with E-state index in [0.717, 1.165) is 16.0 Å². The minimum absolute atomic E-state index is 0.0223. The van der Waals surface area contributed by atoms with Gasteiger partial charge in [-0.1, -0.05) is 66.2 Å². The summed E-state index contributed by atoms with van der Waals surface area (Å²) in [6.07, 6.45) is -0.0223. The van der Waals surface area contributed by atoms with E-state index in [0.29, 0.717) is 17.0 Å². The van der Waals surface area contributed by atoms with Gasteiger partial charge in [-0.05, 0) is 49.2 Å². The summed E-state index contributed by atoms with van der Waals surface area (Å²) in [6.45, 7) is 4.25. The number of para-hydroxylation sites is 2. The van der Waals surface area contributed by atoms with Gasteiger partial charge in [-0.15, -0.1) is 0 Å². The number of ether oxygens (including phenoxy) is 1. The van der Waals surface area contributed by atoms with Crippen molar-refractivity contribution in [2.75, 3.05) is 5.32 Å². The van der Waals surface area contributed by atoms with Gasteiger partial charge in [0, 0.05) is 12.1 Å². The van der Waals surface area contributed by atoms with E-state index in [1.165, 1.54) is 0 Å². The van der Waals surface area contributed by atoms with Crippen LogP contribution in [0.4, 0.5) is 5.69 Å². The lowest BCUT2D eigenvalue weighted by molar-refractivity contribution is -0.138. The maximum atomic E-state index is 12.8. The highest BCUT2D eigenvalue weighted by molar-refractivity contribution is 6.47. The maximum absolute atomic E-state index is 12.8. The van der Waals surface area contributed by atoms with Crippen molar-refractivity contribution in [2.45, 2.75) is 33.0 Å². The van der Waals surface area contributed by atoms with Gasteiger partial charge >= 0.3 is 0 Å². The van der Waals surface area contributed by atoms with Gasteiger partial charge in [0.1, 0.15) is 16.5 Å². The first kappa shape index (κ1) is 25.0. The summed E-state index contributed by atoms with van der Waals surface area (Å²) in [7, 11) is 0. The monoisotopic (exact) mass is 503 g/mol. The number of halogens is 1. The Balaban J connectivity index is 1.37. The van der Waals surface area contributed by atoms with Crippen molar-refractivity contribution in [3.05, 3.63) is 106 Å². The Hall–Kier alpha value is -4.10. The Morgan fingerprint density at radius 2 is 1.56 bits per heavy atom. The zero-order valence-electron chi connectivity index (χ0n) is 20.0. The fraction of sp³-hybridized carbons (Fsp3) is 0.179. The number of nitrogens with zero attached hydrogens (tertiary/aromatic N) is 1. The van der Waals surface area contributed by atoms with Gasteiger partial charge in [0.05, 0.1) is 18.3 Å². The lowest BCUT2D eigenvalue weighted by Gasteiger charge is -2.15. The maximum Gasteiger partial charge on any atom is 0.278 e. The van der Waals surface area contributed by atoms with Crippen molar-refractivity contribution in [3.8, 4) is 5.75 Å². The molecule has 184 valence electrons. The average molecular weight is 504 g/mol. The Morgan fingerprint density at radius 1 is 0.889 bits per heavy atom. The molecule has 0 fully saturated rings. The average Bonchev–Trinajstić information content (AvgIpc) is 3.07. The fourth-order valence-electron chi connectivity index (χ4n) is 3.69. The summed E-state index contributed by atoms with van der Waals surface area (Å²) in [4.78, 5) is 39.2. The molecule has 0 saturated carbocycles. The molecule has 1 aliphatic rings. The van der Waals surface area contributed by atoms with Crippen molar-refractivity contribution < 1.29 is 19.1 Å². The number of benzene rings is 3. The zero-order valence-corrected chi connectivity index (χ0v) is 20.7. The molecule has 2 N–H and O–H groups in total. The molecule has 0 aliphatic carbocycles. The number of hydrogen-bond donors (Lipinski definition) is 2. The summed E-state index contributed by atoms with van der Waals surface area (Å²) in [5.74, 6) is -0.661. The van der Waals surface area contributed by atoms with E-state index in [9.17, 15) is 14.4 Å². The Morgan fingerprint density at radius 3 is 2.25 bits per heavy atom. The van der Waals surface area contributed by atoms with E-state index < -0.39 is 11.8 Å². The highest BCUT2D eigenvalue weighted by atomic mass is 35.5. The van der Waals surface area contributed by atoms with Crippen LogP contribution in [0.1, 0.15) is 35.3 Å². The molecule has 0 unspecified atom stereocenters. The quantitative estimate of drug-likeness (QED) is 0.408. The highest BCUT2D eigenvalue weighted by Gasteiger charge is 2.37. The standard InChI is InChI=1S/C28H26ClN3O4/c1-18(2)36-23-11-7-6-10-22(23)31-26(33)21-14-12-19(13-15-21)16-30-25-24(29)27(34)32(28(25)35)17-20-8-4-3-5-9-20/h3-15,18,30H,16-17H2,1-2H3,(H,31,33). The number of carbonyl (C=O) groups is 3. The van der Waals surface area contributed by atoms with E-state index in [1.54, 1.807) is 36.4 Å². The van der Waals surface area contributed by atoms with Crippen LogP contribution in [0.5, 0.6) is 5.75 Å². The van der Waals surface area contributed by atoms with E-state index in [4.69, 9.17) is 16.3 Å². The van der Waals surface area contributed by atoms with Crippen LogP contribution in [0.15, 0.2) is 89.6 Å². The van der Waals surface area contributed by atoms with Crippen LogP contribution in [-0.4, -0.2) is 28.7 Å². The van der Waals surface area contributed by atoms with Crippen molar-refractivity contribution in [2.24, 2.45) is 0 Å². The van der Waals surface area contributed by atoms with Gasteiger partial charge < -0.3 is 15.4 Å². The van der Waals surface area contributed by atoms with Crippen LogP contribution >= 0.6 is 11.6 Å². The van der Waals surface area contributed by atoms with Crippen LogP contribution < -0.4 is 15.4 Å². The van der Waals surface area contributed by atoms with Crippen LogP contribution in [0, 0.1) is 0 Å². The third kappa shape index (κ3) is 5.75. The van der Waals surface area contributed by atoms with Crippen molar-refractivity contribution in [1.29, 1.82) is 0 Å². The minimum atomic E-state index is -0.526. The van der Waals surface area contributed by atoms with E-state index in [2.05, 4.69) is 10.6 Å². The van der Waals surface area contributed by atoms with Crippen LogP contribution in [0.25, 0.3) is 0 Å². The normalized spacial score (nSPS) is 13.4. The van der Waals surface area contributed by atoms with E-state index in [-0.39, 0.29) is 35.8 Å². The van der Waals surface area contributed by atoms with Gasteiger partial charge in [-0.25, -0.2) is 0 Å². The van der Waals surface area contributed by atoms with Gasteiger partial charge in [0.2, 0.25) is 0 Å². The summed E-state index contributed by atoms with van der Waals surface area (Å²) in [5.41, 5.74) is 2.77. The summed E-state index contributed by atoms with van der Waals surface area (Å²) in [5, 5.41) is 5.72. The second-order valence-corrected chi connectivity index (χ2v) is 8.92. The molecule has 0 spiro atoms. The smallest absolute Gasteiger partial charge is 0.278 e. The summed E-state index contributed by atoms with van der Waals surface area (Å²) in [6, 6.07) is 23.4. The van der Waals surface area contributed by atoms with Crippen molar-refractivity contribution in [3.63, 3.8) is 0 Å². The first-order valence-corrected chi connectivity index (χ1v) is 11.9. The molecule has 3 amide bonds. The zero-order chi connectivity index (χ0) is 25.7. The van der Waals surface area contributed by atoms with Gasteiger partial charge in [0.25, 0.3) is 17.7 Å². The lowest BCUT2D eigenvalue weighted by atomic mass is 10.1. The fourth-order valence-corrected chi connectivity index (χ4v) is 3.94. The van der Waals surface area contributed by atoms with Crippen LogP contribution in [-0.2, 0) is 22.7 Å². The molecule has 4 rings (SSSR count). The Bertz CT molecular complexity index is 1300. The molecule has 0 saturated heterocycles. The third-order valence-electron chi connectivity index (χ3n) is 5.48. The predicted octanol–water partition coefficient (Wildman–Crippen LogP) is 4.84. The molecule has 3 aromatic carbocycles. The Labute approximate surface area is 214 Å². The number of nitrogens with one attached hydrogen (secondary N) is 2. The van der Waals surface area contributed by atoms with E-state index >= 15 is 0 Å². The first-order valence-electron chi connectivity index (χ1n) is 11.5. The summed E-state index contributed by atoms with van der Waals surface area (Å²) >= 11 is 6.18. The number of hydrogen-bond acceptors (Lipinski definition) is 5. The summed E-state index contributed by atoms with van der Waals surface area (Å²) < 4.78 is 5.75. The molecule has 3 aromatic rings. The lowest BCUT2D eigenvalue weighted by Crippen LogP contribution is -2.33. The van der Waals surface area contributed by atoms with Crippen LogP contribution in [0.2, 0.25) is 0 Å². The van der Waals surface area contributed by atoms with Crippen molar-refractivity contribution >= 4 is 35.0 Å². The highest BCUT2D eigenvalue weighted by Crippen LogP contribution is 2.26. The number of imide groups is 1. The molecule has 0 atom stereocenters. The van der Waals surface area contributed by atoms with Gasteiger partial charge in [0.15, 0.2) is 0 Å². The number of amides is 3. The molecule has 36 heavy (non-hydrogen) atoms. The number of carbonyl (C=O) groups excluding carboxylic acids is 3. The molecular weight excluding hydrogens is 478 g/mol. The van der Waals surface area contributed by atoms with Gasteiger partial charge in [-0.2, -0.15) is 0 Å². The molecule has 8 heteroatoms. The molecule has 0 aromatic heterocycles. The predicted molar refractivity (Wildman–Crippen MR) is 138 cm³/mol. The largest absolute Gasteiger partial charge is 0.489 e. The molecule has 1 aliphatic heterocycles. The molecule has 1 heterocycles.